The lowest BCUT2D eigenvalue weighted by Gasteiger charge is -2.28. The van der Waals surface area contributed by atoms with Gasteiger partial charge in [-0.2, -0.15) is 0 Å². The quantitative estimate of drug-likeness (QED) is 0.470. The highest BCUT2D eigenvalue weighted by molar-refractivity contribution is 5.79. The minimum atomic E-state index is 0.0268. The van der Waals surface area contributed by atoms with Gasteiger partial charge in [0.15, 0.2) is 0 Å². The number of benzene rings is 3. The van der Waals surface area contributed by atoms with Crippen molar-refractivity contribution in [1.82, 2.24) is 14.9 Å². The number of nitrogens with one attached hydrogen (secondary N) is 1. The molecule has 4 aromatic rings. The Bertz CT molecular complexity index is 1210. The highest BCUT2D eigenvalue weighted by atomic mass is 16.5. The third-order valence-corrected chi connectivity index (χ3v) is 6.02. The fourth-order valence-corrected chi connectivity index (χ4v) is 4.27. The minimum Gasteiger partial charge on any atom is -0.378 e. The first-order chi connectivity index (χ1) is 16.3. The van der Waals surface area contributed by atoms with E-state index in [1.165, 1.54) is 5.69 Å². The fourth-order valence-electron chi connectivity index (χ4n) is 4.27. The van der Waals surface area contributed by atoms with Crippen LogP contribution in [0.25, 0.3) is 16.7 Å². The van der Waals surface area contributed by atoms with Crippen LogP contribution in [0.1, 0.15) is 17.8 Å². The highest BCUT2D eigenvalue weighted by Gasteiger charge is 2.14. The number of hydrogen-bond donors (Lipinski definition) is 1. The number of para-hydroxylation sites is 3. The Morgan fingerprint density at radius 2 is 1.61 bits per heavy atom. The predicted molar refractivity (Wildman–Crippen MR) is 131 cm³/mol. The molecule has 2 heterocycles. The number of carbonyl (C=O) groups excluding carboxylic acids is 1. The van der Waals surface area contributed by atoms with Crippen molar-refractivity contribution < 1.29 is 9.53 Å². The summed E-state index contributed by atoms with van der Waals surface area (Å²) in [6, 6.07) is 26.7. The first-order valence-electron chi connectivity index (χ1n) is 11.5. The molecule has 0 atom stereocenters. The number of nitrogens with zero attached hydrogens (tertiary/aromatic N) is 3. The molecule has 1 saturated heterocycles. The summed E-state index contributed by atoms with van der Waals surface area (Å²) in [7, 11) is 0. The Labute approximate surface area is 193 Å². The topological polar surface area (TPSA) is 59.4 Å². The molecule has 1 aromatic heterocycles. The van der Waals surface area contributed by atoms with Gasteiger partial charge in [0.25, 0.3) is 0 Å². The maximum atomic E-state index is 12.6. The van der Waals surface area contributed by atoms with Crippen molar-refractivity contribution in [3.8, 4) is 5.69 Å². The number of anilines is 1. The SMILES string of the molecule is O=C(CCc1nc2ccccc2n1-c1ccccc1)NCc1ccc(N2CCOCC2)cc1. The van der Waals surface area contributed by atoms with Gasteiger partial charge in [0, 0.05) is 43.9 Å². The average molecular weight is 441 g/mol. The largest absolute Gasteiger partial charge is 0.378 e. The number of hydrogen-bond acceptors (Lipinski definition) is 4. The van der Waals surface area contributed by atoms with E-state index in [-0.39, 0.29) is 5.91 Å². The van der Waals surface area contributed by atoms with Gasteiger partial charge < -0.3 is 15.0 Å². The van der Waals surface area contributed by atoms with Crippen LogP contribution >= 0.6 is 0 Å². The second kappa shape index (κ2) is 9.88. The van der Waals surface area contributed by atoms with E-state index in [1.807, 2.05) is 36.4 Å². The molecule has 6 heteroatoms. The molecule has 1 aliphatic heterocycles. The molecule has 168 valence electrons. The molecule has 33 heavy (non-hydrogen) atoms. The molecule has 1 N–H and O–H groups in total. The van der Waals surface area contributed by atoms with Gasteiger partial charge in [0.05, 0.1) is 24.2 Å². The van der Waals surface area contributed by atoms with Crippen LogP contribution in [0.4, 0.5) is 5.69 Å². The van der Waals surface area contributed by atoms with E-state index in [9.17, 15) is 4.79 Å². The third-order valence-electron chi connectivity index (χ3n) is 6.02. The lowest BCUT2D eigenvalue weighted by molar-refractivity contribution is -0.121. The number of imidazole rings is 1. The van der Waals surface area contributed by atoms with Crippen LogP contribution in [0, 0.1) is 0 Å². The van der Waals surface area contributed by atoms with Crippen molar-refractivity contribution in [2.45, 2.75) is 19.4 Å². The fraction of sp³-hybridized carbons (Fsp3) is 0.259. The first-order valence-corrected chi connectivity index (χ1v) is 11.5. The van der Waals surface area contributed by atoms with E-state index in [4.69, 9.17) is 9.72 Å². The van der Waals surface area contributed by atoms with E-state index < -0.39 is 0 Å². The molecular formula is C27H28N4O2. The number of amides is 1. The summed E-state index contributed by atoms with van der Waals surface area (Å²) >= 11 is 0. The summed E-state index contributed by atoms with van der Waals surface area (Å²) in [5.74, 6) is 0.923. The van der Waals surface area contributed by atoms with Crippen LogP contribution in [0.2, 0.25) is 0 Å². The zero-order valence-electron chi connectivity index (χ0n) is 18.6. The number of aryl methyl sites for hydroxylation is 1. The molecule has 5 rings (SSSR count). The summed E-state index contributed by atoms with van der Waals surface area (Å²) in [6.45, 7) is 3.91. The Balaban J connectivity index is 1.21. The van der Waals surface area contributed by atoms with E-state index >= 15 is 0 Å². The highest BCUT2D eigenvalue weighted by Crippen LogP contribution is 2.22. The van der Waals surface area contributed by atoms with Crippen molar-refractivity contribution in [2.24, 2.45) is 0 Å². The van der Waals surface area contributed by atoms with Gasteiger partial charge in [-0.1, -0.05) is 42.5 Å². The molecule has 1 fully saturated rings. The number of aromatic nitrogens is 2. The summed E-state index contributed by atoms with van der Waals surface area (Å²) < 4.78 is 7.56. The molecule has 0 spiro atoms. The average Bonchev–Trinajstić information content (AvgIpc) is 3.26. The molecule has 1 amide bonds. The number of fused-ring (bicyclic) bond motifs is 1. The summed E-state index contributed by atoms with van der Waals surface area (Å²) in [4.78, 5) is 19.7. The molecule has 0 saturated carbocycles. The first kappa shape index (κ1) is 21.2. The summed E-state index contributed by atoms with van der Waals surface area (Å²) in [6.07, 6.45) is 0.966. The van der Waals surface area contributed by atoms with Crippen LogP contribution in [0.15, 0.2) is 78.9 Å². The number of ether oxygens (including phenoxy) is 1. The Morgan fingerprint density at radius 1 is 0.879 bits per heavy atom. The van der Waals surface area contributed by atoms with Crippen molar-refractivity contribution in [3.05, 3.63) is 90.3 Å². The Hall–Kier alpha value is -3.64. The lowest BCUT2D eigenvalue weighted by Crippen LogP contribution is -2.36. The maximum Gasteiger partial charge on any atom is 0.220 e. The zero-order valence-corrected chi connectivity index (χ0v) is 18.6. The minimum absolute atomic E-state index is 0.0268. The molecule has 3 aromatic carbocycles. The molecule has 1 aliphatic rings. The van der Waals surface area contributed by atoms with Crippen molar-refractivity contribution in [2.75, 3.05) is 31.2 Å². The van der Waals surface area contributed by atoms with Gasteiger partial charge in [-0.05, 0) is 42.0 Å². The number of morpholine rings is 1. The van der Waals surface area contributed by atoms with Crippen LogP contribution in [0.3, 0.4) is 0 Å². The lowest BCUT2D eigenvalue weighted by atomic mass is 10.2. The molecular weight excluding hydrogens is 412 g/mol. The smallest absolute Gasteiger partial charge is 0.220 e. The molecule has 0 radical (unpaired) electrons. The van der Waals surface area contributed by atoms with Gasteiger partial charge in [-0.3, -0.25) is 9.36 Å². The molecule has 0 bridgehead atoms. The molecule has 0 aliphatic carbocycles. The van der Waals surface area contributed by atoms with Gasteiger partial charge in [0.2, 0.25) is 5.91 Å². The third kappa shape index (κ3) is 4.91. The molecule has 6 nitrogen and oxygen atoms in total. The van der Waals surface area contributed by atoms with Crippen LogP contribution in [-0.2, 0) is 22.5 Å². The van der Waals surface area contributed by atoms with E-state index in [0.717, 1.165) is 54.4 Å². The normalized spacial score (nSPS) is 13.9. The predicted octanol–water partition coefficient (Wildman–Crippen LogP) is 4.11. The summed E-state index contributed by atoms with van der Waals surface area (Å²) in [5, 5.41) is 3.05. The van der Waals surface area contributed by atoms with Gasteiger partial charge in [-0.15, -0.1) is 0 Å². The van der Waals surface area contributed by atoms with Crippen LogP contribution in [-0.4, -0.2) is 41.8 Å². The monoisotopic (exact) mass is 440 g/mol. The van der Waals surface area contributed by atoms with E-state index in [2.05, 4.69) is 57.2 Å². The van der Waals surface area contributed by atoms with Crippen molar-refractivity contribution in [3.63, 3.8) is 0 Å². The van der Waals surface area contributed by atoms with Crippen LogP contribution in [0.5, 0.6) is 0 Å². The number of carbonyl (C=O) groups is 1. The van der Waals surface area contributed by atoms with E-state index in [1.54, 1.807) is 0 Å². The molecule has 0 unspecified atom stereocenters. The number of rotatable bonds is 7. The standard InChI is InChI=1S/C27H28N4O2/c32-27(28-20-21-10-12-22(13-11-21)30-16-18-33-19-17-30)15-14-26-29-24-8-4-5-9-25(24)31(26)23-6-2-1-3-7-23/h1-13H,14-20H2,(H,28,32). The van der Waals surface area contributed by atoms with E-state index in [0.29, 0.717) is 19.4 Å². The Kier molecular flexibility index (Phi) is 6.35. The van der Waals surface area contributed by atoms with Gasteiger partial charge in [-0.25, -0.2) is 4.98 Å². The van der Waals surface area contributed by atoms with Crippen molar-refractivity contribution in [1.29, 1.82) is 0 Å². The summed E-state index contributed by atoms with van der Waals surface area (Å²) in [5.41, 5.74) is 5.35. The second-order valence-electron chi connectivity index (χ2n) is 8.23. The maximum absolute atomic E-state index is 12.6. The Morgan fingerprint density at radius 3 is 2.39 bits per heavy atom. The van der Waals surface area contributed by atoms with Gasteiger partial charge >= 0.3 is 0 Å². The van der Waals surface area contributed by atoms with Gasteiger partial charge in [0.1, 0.15) is 5.82 Å². The zero-order chi connectivity index (χ0) is 22.5. The van der Waals surface area contributed by atoms with Crippen LogP contribution < -0.4 is 10.2 Å². The second-order valence-corrected chi connectivity index (χ2v) is 8.23. The van der Waals surface area contributed by atoms with Crippen molar-refractivity contribution >= 4 is 22.6 Å².